The first-order chi connectivity index (χ1) is 20.1. The van der Waals surface area contributed by atoms with Crippen LogP contribution < -0.4 is 15.2 Å². The number of thiophene rings is 2. The maximum atomic E-state index is 13.7. The number of nitrogens with one attached hydrogen (secondary N) is 1. The summed E-state index contributed by atoms with van der Waals surface area (Å²) in [4.78, 5) is 36.7. The molecule has 2 amide bonds. The van der Waals surface area contributed by atoms with E-state index in [1.54, 1.807) is 32.5 Å². The van der Waals surface area contributed by atoms with Gasteiger partial charge in [0.2, 0.25) is 18.6 Å². The minimum Gasteiger partial charge on any atom is -0.454 e. The average Bonchev–Trinajstić information content (AvgIpc) is 3.82. The van der Waals surface area contributed by atoms with Crippen LogP contribution in [-0.4, -0.2) is 46.0 Å². The van der Waals surface area contributed by atoms with Crippen molar-refractivity contribution < 1.29 is 19.1 Å². The van der Waals surface area contributed by atoms with E-state index in [-0.39, 0.29) is 25.2 Å². The number of fused-ring (bicyclic) bond motifs is 5. The number of aromatic nitrogens is 1. The number of hydrogen-bond donors (Lipinski definition) is 2. The third kappa shape index (κ3) is 4.67. The van der Waals surface area contributed by atoms with E-state index >= 15 is 0 Å². The van der Waals surface area contributed by atoms with Crippen LogP contribution in [0.3, 0.4) is 0 Å². The Labute approximate surface area is 244 Å². The second-order valence-electron chi connectivity index (χ2n) is 10.2. The number of benzene rings is 2. The van der Waals surface area contributed by atoms with E-state index in [4.69, 9.17) is 15.2 Å². The molecule has 5 aromatic rings. The lowest BCUT2D eigenvalue weighted by molar-refractivity contribution is -0.159. The molecule has 0 unspecified atom stereocenters. The van der Waals surface area contributed by atoms with Gasteiger partial charge in [-0.2, -0.15) is 0 Å². The van der Waals surface area contributed by atoms with E-state index in [0.717, 1.165) is 32.6 Å². The highest BCUT2D eigenvalue weighted by molar-refractivity contribution is 7.10. The first-order valence-electron chi connectivity index (χ1n) is 13.4. The zero-order valence-electron chi connectivity index (χ0n) is 22.1. The van der Waals surface area contributed by atoms with Crippen LogP contribution >= 0.6 is 22.7 Å². The number of aromatic amines is 1. The molecule has 1 fully saturated rings. The summed E-state index contributed by atoms with van der Waals surface area (Å²) in [6.07, 6.45) is 0.492. The van der Waals surface area contributed by atoms with Gasteiger partial charge in [-0.05, 0) is 52.2 Å². The second-order valence-corrected chi connectivity index (χ2v) is 12.2. The van der Waals surface area contributed by atoms with Crippen molar-refractivity contribution in [1.29, 1.82) is 0 Å². The number of ether oxygens (including phenoxy) is 2. The van der Waals surface area contributed by atoms with Crippen molar-refractivity contribution in [3.8, 4) is 11.5 Å². The van der Waals surface area contributed by atoms with E-state index in [9.17, 15) is 9.59 Å². The molecule has 3 aliphatic rings. The Morgan fingerprint density at radius 2 is 1.71 bits per heavy atom. The van der Waals surface area contributed by atoms with Crippen LogP contribution in [0.2, 0.25) is 0 Å². The zero-order chi connectivity index (χ0) is 27.9. The zero-order valence-corrected chi connectivity index (χ0v) is 23.8. The highest BCUT2D eigenvalue weighted by atomic mass is 32.1. The van der Waals surface area contributed by atoms with Gasteiger partial charge in [0.1, 0.15) is 12.6 Å². The molecule has 8 rings (SSSR count). The molecule has 208 valence electrons. The first-order valence-corrected chi connectivity index (χ1v) is 15.2. The van der Waals surface area contributed by atoms with E-state index in [1.807, 2.05) is 71.4 Å². The molecule has 0 radical (unpaired) electrons. The minimum atomic E-state index is -0.552. The Morgan fingerprint density at radius 3 is 2.46 bits per heavy atom. The van der Waals surface area contributed by atoms with Gasteiger partial charge in [-0.15, -0.1) is 22.7 Å². The quantitative estimate of drug-likeness (QED) is 0.308. The summed E-state index contributed by atoms with van der Waals surface area (Å²) in [5, 5.41) is 5.12. The fraction of sp³-hybridized carbons (Fsp3) is 0.226. The maximum absolute atomic E-state index is 13.7. The van der Waals surface area contributed by atoms with Crippen LogP contribution in [0.15, 0.2) is 77.5 Å². The third-order valence-electron chi connectivity index (χ3n) is 7.76. The van der Waals surface area contributed by atoms with Gasteiger partial charge in [0.15, 0.2) is 11.5 Å². The molecule has 0 saturated carbocycles. The first kappa shape index (κ1) is 25.8. The lowest BCUT2D eigenvalue weighted by atomic mass is 9.86. The number of piperazine rings is 1. The van der Waals surface area contributed by atoms with Crippen molar-refractivity contribution in [2.24, 2.45) is 5.73 Å². The highest BCUT2D eigenvalue weighted by Crippen LogP contribution is 2.45. The van der Waals surface area contributed by atoms with Gasteiger partial charge in [-0.3, -0.25) is 9.59 Å². The van der Waals surface area contributed by atoms with Crippen molar-refractivity contribution in [2.45, 2.75) is 31.6 Å². The average molecular weight is 585 g/mol. The number of H-pyrrole nitrogens is 1. The fourth-order valence-corrected chi connectivity index (χ4v) is 7.21. The smallest absolute Gasteiger partial charge is 0.246 e. The number of carbonyl (C=O) groups excluding carboxylic acids is 2. The lowest BCUT2D eigenvalue weighted by Crippen LogP contribution is -2.62. The number of para-hydroxylation sites is 1. The van der Waals surface area contributed by atoms with Crippen LogP contribution in [0.5, 0.6) is 11.5 Å². The van der Waals surface area contributed by atoms with Crippen molar-refractivity contribution in [1.82, 2.24) is 14.8 Å². The highest BCUT2D eigenvalue weighted by Gasteiger charge is 2.48. The number of nitrogens with two attached hydrogens (primary N) is 1. The summed E-state index contributed by atoms with van der Waals surface area (Å²) in [7, 11) is 0. The fourth-order valence-electron chi connectivity index (χ4n) is 5.91. The van der Waals surface area contributed by atoms with Crippen molar-refractivity contribution >= 4 is 45.4 Å². The molecule has 0 spiro atoms. The van der Waals surface area contributed by atoms with Crippen LogP contribution in [-0.2, 0) is 29.1 Å². The summed E-state index contributed by atoms with van der Waals surface area (Å²) >= 11 is 3.30. The number of rotatable bonds is 4. The van der Waals surface area contributed by atoms with Gasteiger partial charge in [-0.1, -0.05) is 36.4 Å². The molecule has 0 aliphatic carbocycles. The van der Waals surface area contributed by atoms with Gasteiger partial charge >= 0.3 is 0 Å². The molecule has 0 bridgehead atoms. The molecule has 1 saturated heterocycles. The lowest BCUT2D eigenvalue weighted by Gasteiger charge is -2.47. The number of carbonyl (C=O) groups is 2. The largest absolute Gasteiger partial charge is 0.454 e. The SMILES string of the molecule is NCc1cccs1.O=C1[C@H]2Cc3c([nH]c4ccccc34)[C@@H](c3ccc4c(c3)OCO4)N2C(=O)CN1Cc1cccs1. The third-order valence-corrected chi connectivity index (χ3v) is 9.52. The maximum Gasteiger partial charge on any atom is 0.246 e. The van der Waals surface area contributed by atoms with Gasteiger partial charge in [0.05, 0.1) is 12.6 Å². The van der Waals surface area contributed by atoms with Gasteiger partial charge < -0.3 is 30.0 Å². The predicted octanol–water partition coefficient (Wildman–Crippen LogP) is 5.05. The normalized spacial score (nSPS) is 19.1. The van der Waals surface area contributed by atoms with Gasteiger partial charge in [0, 0.05) is 39.3 Å². The van der Waals surface area contributed by atoms with Gasteiger partial charge in [-0.25, -0.2) is 0 Å². The number of hydrogen-bond acceptors (Lipinski definition) is 7. The van der Waals surface area contributed by atoms with Crippen LogP contribution in [0.25, 0.3) is 10.9 Å². The molecule has 10 heteroatoms. The summed E-state index contributed by atoms with van der Waals surface area (Å²) < 4.78 is 11.1. The van der Waals surface area contributed by atoms with Crippen molar-refractivity contribution in [2.75, 3.05) is 13.3 Å². The Bertz CT molecular complexity index is 1710. The molecular formula is C31H28N4O4S2. The molecule has 8 nitrogen and oxygen atoms in total. The molecule has 3 aliphatic heterocycles. The molecule has 3 aromatic heterocycles. The molecule has 2 atom stereocenters. The minimum absolute atomic E-state index is 0.00493. The van der Waals surface area contributed by atoms with E-state index in [1.165, 1.54) is 4.88 Å². The summed E-state index contributed by atoms with van der Waals surface area (Å²) in [5.41, 5.74) is 9.27. The summed E-state index contributed by atoms with van der Waals surface area (Å²) in [6, 6.07) is 20.9. The monoisotopic (exact) mass is 584 g/mol. The Kier molecular flexibility index (Phi) is 6.74. The predicted molar refractivity (Wildman–Crippen MR) is 159 cm³/mol. The Morgan fingerprint density at radius 1 is 0.927 bits per heavy atom. The van der Waals surface area contributed by atoms with Crippen molar-refractivity contribution in [3.63, 3.8) is 0 Å². The topological polar surface area (TPSA) is 101 Å². The van der Waals surface area contributed by atoms with Crippen LogP contribution in [0, 0.1) is 0 Å². The van der Waals surface area contributed by atoms with Gasteiger partial charge in [0.25, 0.3) is 0 Å². The molecule has 3 N–H and O–H groups in total. The summed E-state index contributed by atoms with van der Waals surface area (Å²) in [5.74, 6) is 1.30. The molecule has 41 heavy (non-hydrogen) atoms. The number of amides is 2. The Balaban J connectivity index is 0.000000348. The second kappa shape index (κ2) is 10.7. The standard InChI is InChI=1S/C26H21N3O4S.C5H7NS/c30-23-13-28(12-16-4-3-9-34-16)26(31)20-11-18-17-5-1-2-6-19(17)27-24(18)25(29(20)23)15-7-8-21-22(10-15)33-14-32-21;6-4-5-2-1-3-7-5/h1-10,20,25,27H,11-14H2;1-3H,4,6H2/t20-,25-;/m1./s1. The van der Waals surface area contributed by atoms with Crippen LogP contribution in [0.1, 0.15) is 32.6 Å². The summed E-state index contributed by atoms with van der Waals surface area (Å²) in [6.45, 7) is 1.39. The molecular weight excluding hydrogens is 556 g/mol. The Hall–Kier alpha value is -4.12. The van der Waals surface area contributed by atoms with E-state index in [0.29, 0.717) is 31.0 Å². The molecule has 2 aromatic carbocycles. The molecule has 6 heterocycles. The van der Waals surface area contributed by atoms with Crippen molar-refractivity contribution in [3.05, 3.63) is 104 Å². The van der Waals surface area contributed by atoms with E-state index in [2.05, 4.69) is 11.1 Å². The van der Waals surface area contributed by atoms with E-state index < -0.39 is 12.1 Å². The number of nitrogens with zero attached hydrogens (tertiary/aromatic N) is 2. The van der Waals surface area contributed by atoms with Crippen LogP contribution in [0.4, 0.5) is 0 Å².